The van der Waals surface area contributed by atoms with Gasteiger partial charge in [0.05, 0.1) is 12.3 Å². The third kappa shape index (κ3) is 2.68. The zero-order valence-corrected chi connectivity index (χ0v) is 9.28. The first-order chi connectivity index (χ1) is 8.58. The van der Waals surface area contributed by atoms with Crippen molar-refractivity contribution in [3.05, 3.63) is 65.2 Å². The van der Waals surface area contributed by atoms with Crippen LogP contribution < -0.4 is 0 Å². The number of aliphatic hydroxyl groups is 1. The fourth-order valence-corrected chi connectivity index (χ4v) is 1.66. The molecule has 0 aliphatic carbocycles. The van der Waals surface area contributed by atoms with Gasteiger partial charge in [0.25, 0.3) is 0 Å². The van der Waals surface area contributed by atoms with E-state index in [0.29, 0.717) is 0 Å². The van der Waals surface area contributed by atoms with Crippen molar-refractivity contribution in [3.8, 4) is 0 Å². The second-order valence-corrected chi connectivity index (χ2v) is 3.85. The molecule has 2 rings (SSSR count). The summed E-state index contributed by atoms with van der Waals surface area (Å²) in [4.78, 5) is 3.55. The molecule has 0 saturated carbocycles. The predicted octanol–water partition coefficient (Wildman–Crippen LogP) is 2.78. The molecule has 1 aromatic carbocycles. The quantitative estimate of drug-likeness (QED) is 0.912. The molecule has 1 N–H and O–H groups in total. The summed E-state index contributed by atoms with van der Waals surface area (Å²) in [7, 11) is 0. The molecule has 5 heteroatoms. The maximum atomic E-state index is 13.4. The largest absolute Gasteiger partial charge is 0.388 e. The average molecular weight is 253 g/mol. The van der Waals surface area contributed by atoms with Crippen molar-refractivity contribution in [2.24, 2.45) is 0 Å². The minimum Gasteiger partial charge on any atom is -0.388 e. The Balaban J connectivity index is 2.21. The summed E-state index contributed by atoms with van der Waals surface area (Å²) in [5.41, 5.74) is 0.161. The normalized spacial score (nSPS) is 12.4. The lowest BCUT2D eigenvalue weighted by atomic mass is 10.0. The van der Waals surface area contributed by atoms with E-state index in [2.05, 4.69) is 4.98 Å². The van der Waals surface area contributed by atoms with Crippen molar-refractivity contribution in [1.82, 2.24) is 4.98 Å². The third-order valence-electron chi connectivity index (χ3n) is 2.59. The topological polar surface area (TPSA) is 33.1 Å². The molecule has 1 aromatic heterocycles. The van der Waals surface area contributed by atoms with E-state index in [0.717, 1.165) is 18.3 Å². The van der Waals surface area contributed by atoms with E-state index >= 15 is 0 Å². The van der Waals surface area contributed by atoms with Crippen LogP contribution in [0.1, 0.15) is 17.2 Å². The Kier molecular flexibility index (Phi) is 3.62. The maximum absolute atomic E-state index is 13.4. The fraction of sp³-hybridized carbons (Fsp3) is 0.154. The van der Waals surface area contributed by atoms with E-state index in [-0.39, 0.29) is 17.5 Å². The molecule has 2 nitrogen and oxygen atoms in total. The summed E-state index contributed by atoms with van der Waals surface area (Å²) in [5, 5.41) is 9.82. The summed E-state index contributed by atoms with van der Waals surface area (Å²) in [5.74, 6) is -2.11. The highest BCUT2D eigenvalue weighted by Crippen LogP contribution is 2.22. The number of hydrogen-bond donors (Lipinski definition) is 1. The van der Waals surface area contributed by atoms with Crippen molar-refractivity contribution in [3.63, 3.8) is 0 Å². The molecule has 0 amide bonds. The molecule has 1 heterocycles. The maximum Gasteiger partial charge on any atom is 0.147 e. The molecule has 1 atom stereocenters. The van der Waals surface area contributed by atoms with E-state index < -0.39 is 23.6 Å². The zero-order chi connectivity index (χ0) is 13.1. The number of nitrogens with zero attached hydrogens (tertiary/aromatic N) is 1. The van der Waals surface area contributed by atoms with Crippen LogP contribution in [-0.4, -0.2) is 10.1 Å². The van der Waals surface area contributed by atoms with Gasteiger partial charge in [-0.25, -0.2) is 13.2 Å². The highest BCUT2D eigenvalue weighted by molar-refractivity contribution is 5.23. The molecule has 0 spiro atoms. The van der Waals surface area contributed by atoms with E-state index in [1.165, 1.54) is 18.3 Å². The van der Waals surface area contributed by atoms with E-state index in [1.54, 1.807) is 0 Å². The van der Waals surface area contributed by atoms with Gasteiger partial charge in [0.1, 0.15) is 17.5 Å². The summed E-state index contributed by atoms with van der Waals surface area (Å²) >= 11 is 0. The molecular weight excluding hydrogens is 243 g/mol. The van der Waals surface area contributed by atoms with Crippen LogP contribution >= 0.6 is 0 Å². The Morgan fingerprint density at radius 3 is 2.56 bits per heavy atom. The zero-order valence-electron chi connectivity index (χ0n) is 9.28. The van der Waals surface area contributed by atoms with Crippen LogP contribution in [0.25, 0.3) is 0 Å². The summed E-state index contributed by atoms with van der Waals surface area (Å²) < 4.78 is 39.4. The minimum absolute atomic E-state index is 0.0359. The van der Waals surface area contributed by atoms with Gasteiger partial charge in [0.2, 0.25) is 0 Å². The van der Waals surface area contributed by atoms with E-state index in [1.807, 2.05) is 0 Å². The van der Waals surface area contributed by atoms with Gasteiger partial charge < -0.3 is 5.11 Å². The lowest BCUT2D eigenvalue weighted by Gasteiger charge is -2.12. The van der Waals surface area contributed by atoms with Gasteiger partial charge in [-0.1, -0.05) is 6.07 Å². The van der Waals surface area contributed by atoms with Crippen molar-refractivity contribution in [2.75, 3.05) is 0 Å². The molecule has 2 aromatic rings. The Hall–Kier alpha value is -1.88. The van der Waals surface area contributed by atoms with E-state index in [4.69, 9.17) is 0 Å². The number of halogens is 3. The summed E-state index contributed by atoms with van der Waals surface area (Å²) in [6.45, 7) is 0. The first-order valence-electron chi connectivity index (χ1n) is 5.29. The van der Waals surface area contributed by atoms with Gasteiger partial charge in [-0.15, -0.1) is 0 Å². The van der Waals surface area contributed by atoms with Gasteiger partial charge in [-0.05, 0) is 17.7 Å². The average Bonchev–Trinajstić information content (AvgIpc) is 2.33. The number of aliphatic hydroxyl groups excluding tert-OH is 1. The highest BCUT2D eigenvalue weighted by Gasteiger charge is 2.15. The molecule has 1 unspecified atom stereocenters. The van der Waals surface area contributed by atoms with Gasteiger partial charge >= 0.3 is 0 Å². The lowest BCUT2D eigenvalue weighted by molar-refractivity contribution is 0.172. The number of pyridine rings is 1. The molecular formula is C13H10F3NO. The molecule has 94 valence electrons. The number of hydrogen-bond acceptors (Lipinski definition) is 2. The molecule has 0 radical (unpaired) electrons. The first-order valence-corrected chi connectivity index (χ1v) is 5.29. The molecule has 0 saturated heterocycles. The number of benzene rings is 1. The minimum atomic E-state index is -1.20. The van der Waals surface area contributed by atoms with Crippen LogP contribution in [0.4, 0.5) is 13.2 Å². The third-order valence-corrected chi connectivity index (χ3v) is 2.59. The standard InChI is InChI=1S/C13H10F3NO/c14-9-2-1-8(11(15)6-9)5-13(18)10-3-4-17-7-12(10)16/h1-4,6-7,13,18H,5H2. The summed E-state index contributed by atoms with van der Waals surface area (Å²) in [6.07, 6.45) is 0.975. The Labute approximate surface area is 102 Å². The molecule has 0 fully saturated rings. The smallest absolute Gasteiger partial charge is 0.147 e. The lowest BCUT2D eigenvalue weighted by Crippen LogP contribution is -2.06. The molecule has 0 bridgehead atoms. The van der Waals surface area contributed by atoms with Gasteiger partial charge in [0, 0.05) is 24.2 Å². The SMILES string of the molecule is OC(Cc1ccc(F)cc1F)c1ccncc1F. The van der Waals surface area contributed by atoms with Crippen LogP contribution in [0.5, 0.6) is 0 Å². The number of aromatic nitrogens is 1. The van der Waals surface area contributed by atoms with Gasteiger partial charge in [0.15, 0.2) is 0 Å². The predicted molar refractivity (Wildman–Crippen MR) is 59.2 cm³/mol. The van der Waals surface area contributed by atoms with Crippen LogP contribution in [0, 0.1) is 17.5 Å². The Bertz CT molecular complexity index is 560. The van der Waals surface area contributed by atoms with Gasteiger partial charge in [-0.2, -0.15) is 0 Å². The van der Waals surface area contributed by atoms with Crippen molar-refractivity contribution in [2.45, 2.75) is 12.5 Å². The van der Waals surface area contributed by atoms with Crippen LogP contribution in [-0.2, 0) is 6.42 Å². The Morgan fingerprint density at radius 2 is 1.89 bits per heavy atom. The van der Waals surface area contributed by atoms with Crippen molar-refractivity contribution < 1.29 is 18.3 Å². The first kappa shape index (κ1) is 12.6. The van der Waals surface area contributed by atoms with Gasteiger partial charge in [-0.3, -0.25) is 4.98 Å². The molecule has 18 heavy (non-hydrogen) atoms. The number of rotatable bonds is 3. The van der Waals surface area contributed by atoms with Crippen molar-refractivity contribution >= 4 is 0 Å². The molecule has 0 aliphatic heterocycles. The van der Waals surface area contributed by atoms with Crippen LogP contribution in [0.15, 0.2) is 36.7 Å². The Morgan fingerprint density at radius 1 is 1.11 bits per heavy atom. The fourth-order valence-electron chi connectivity index (χ4n) is 1.66. The van der Waals surface area contributed by atoms with Crippen LogP contribution in [0.2, 0.25) is 0 Å². The van der Waals surface area contributed by atoms with Crippen molar-refractivity contribution in [1.29, 1.82) is 0 Å². The molecule has 0 aliphatic rings. The second-order valence-electron chi connectivity index (χ2n) is 3.85. The monoisotopic (exact) mass is 253 g/mol. The van der Waals surface area contributed by atoms with E-state index in [9.17, 15) is 18.3 Å². The summed E-state index contributed by atoms with van der Waals surface area (Å²) in [6, 6.07) is 4.37. The second kappa shape index (κ2) is 5.18. The highest BCUT2D eigenvalue weighted by atomic mass is 19.1. The van der Waals surface area contributed by atoms with Crippen LogP contribution in [0.3, 0.4) is 0 Å².